The van der Waals surface area contributed by atoms with E-state index < -0.39 is 29.6 Å². The van der Waals surface area contributed by atoms with Gasteiger partial charge in [-0.3, -0.25) is 4.79 Å². The number of halogens is 3. The molecule has 2 aromatic carbocycles. The van der Waals surface area contributed by atoms with Gasteiger partial charge in [0.05, 0.1) is 6.04 Å². The number of rotatable bonds is 6. The van der Waals surface area contributed by atoms with E-state index in [0.717, 1.165) is 12.3 Å². The highest BCUT2D eigenvalue weighted by atomic mass is 35.5. The molecule has 10 heteroatoms. The third-order valence-electron chi connectivity index (χ3n) is 3.88. The second kappa shape index (κ2) is 9.65. The van der Waals surface area contributed by atoms with Gasteiger partial charge >= 0.3 is 6.03 Å². The summed E-state index contributed by atoms with van der Waals surface area (Å²) in [5.74, 6) is -2.06. The molecule has 0 saturated carbocycles. The molecule has 0 bridgehead atoms. The molecule has 0 spiro atoms. The normalized spacial score (nSPS) is 11.2. The lowest BCUT2D eigenvalue weighted by Crippen LogP contribution is -2.40. The molecule has 3 aromatic rings. The smallest absolute Gasteiger partial charge is 0.312 e. The summed E-state index contributed by atoms with van der Waals surface area (Å²) in [6.07, 6.45) is 1.16. The quantitative estimate of drug-likeness (QED) is 0.566. The van der Waals surface area contributed by atoms with Crippen molar-refractivity contribution in [2.75, 3.05) is 6.54 Å². The van der Waals surface area contributed by atoms with E-state index >= 15 is 0 Å². The molecular weight excluding hydrogens is 406 g/mol. The molecule has 4 N–H and O–H groups in total. The van der Waals surface area contributed by atoms with Crippen molar-refractivity contribution in [3.8, 4) is 11.5 Å². The predicted octanol–water partition coefficient (Wildman–Crippen LogP) is 3.18. The lowest BCUT2D eigenvalue weighted by molar-refractivity contribution is 0.0930. The van der Waals surface area contributed by atoms with Gasteiger partial charge in [0.2, 0.25) is 5.89 Å². The van der Waals surface area contributed by atoms with Gasteiger partial charge in [-0.15, -0.1) is 12.4 Å². The summed E-state index contributed by atoms with van der Waals surface area (Å²) in [6.45, 7) is -0.201. The van der Waals surface area contributed by atoms with E-state index in [0.29, 0.717) is 11.6 Å². The highest BCUT2D eigenvalue weighted by molar-refractivity contribution is 5.92. The van der Waals surface area contributed by atoms with Gasteiger partial charge < -0.3 is 20.8 Å². The number of urea groups is 1. The second-order valence-corrected chi connectivity index (χ2v) is 5.84. The molecule has 3 amide bonds. The van der Waals surface area contributed by atoms with E-state index in [4.69, 9.17) is 10.2 Å². The van der Waals surface area contributed by atoms with Crippen LogP contribution in [0.3, 0.4) is 0 Å². The Hall–Kier alpha value is -3.46. The Morgan fingerprint density at radius 2 is 1.86 bits per heavy atom. The Bertz CT molecular complexity index is 998. The van der Waals surface area contributed by atoms with Gasteiger partial charge in [-0.2, -0.15) is 0 Å². The summed E-state index contributed by atoms with van der Waals surface area (Å²) >= 11 is 0. The van der Waals surface area contributed by atoms with Crippen LogP contribution in [0.1, 0.15) is 22.1 Å². The number of nitrogens with zero attached hydrogens (tertiary/aromatic N) is 1. The van der Waals surface area contributed by atoms with Crippen LogP contribution in [0.25, 0.3) is 11.5 Å². The van der Waals surface area contributed by atoms with Crippen LogP contribution in [0.5, 0.6) is 0 Å². The first-order chi connectivity index (χ1) is 13.4. The highest BCUT2D eigenvalue weighted by Crippen LogP contribution is 2.20. The van der Waals surface area contributed by atoms with Crippen LogP contribution in [0.15, 0.2) is 59.2 Å². The fraction of sp³-hybridized carbons (Fsp3) is 0.105. The molecule has 3 rings (SSSR count). The Morgan fingerprint density at radius 3 is 2.52 bits per heavy atom. The topological polar surface area (TPSA) is 110 Å². The third-order valence-corrected chi connectivity index (χ3v) is 3.88. The van der Waals surface area contributed by atoms with Crippen molar-refractivity contribution in [2.45, 2.75) is 6.04 Å². The Balaban J connectivity index is 0.00000300. The minimum Gasteiger partial charge on any atom is -0.444 e. The van der Waals surface area contributed by atoms with E-state index in [1.54, 1.807) is 24.3 Å². The zero-order valence-electron chi connectivity index (χ0n) is 14.9. The monoisotopic (exact) mass is 422 g/mol. The van der Waals surface area contributed by atoms with E-state index in [9.17, 15) is 18.4 Å². The number of nitrogens with two attached hydrogens (primary N) is 1. The maximum atomic E-state index is 14.1. The number of benzene rings is 2. The van der Waals surface area contributed by atoms with Gasteiger partial charge in [0.15, 0.2) is 5.69 Å². The number of amides is 3. The maximum Gasteiger partial charge on any atom is 0.312 e. The van der Waals surface area contributed by atoms with Crippen LogP contribution in [-0.2, 0) is 0 Å². The SMILES string of the molecule is Cl.NC(=O)NCC(NC(=O)c1coc(-c2ccccc2)n1)c1ccc(F)cc1F. The Labute approximate surface area is 170 Å². The zero-order valence-corrected chi connectivity index (χ0v) is 15.7. The first-order valence-electron chi connectivity index (χ1n) is 8.24. The Kier molecular flexibility index (Phi) is 7.27. The third kappa shape index (κ3) is 5.52. The standard InChI is InChI=1S/C19H16F2N4O3.ClH/c20-12-6-7-13(14(21)8-12)15(9-23-19(22)27)24-17(26)16-10-28-18(25-16)11-4-2-1-3-5-11;/h1-8,10,15H,9H2,(H,24,26)(H3,22,23,27);1H. The van der Waals surface area contributed by atoms with Gasteiger partial charge in [-0.05, 0) is 18.2 Å². The minimum atomic E-state index is -1.00. The van der Waals surface area contributed by atoms with Crippen LogP contribution in [-0.4, -0.2) is 23.5 Å². The van der Waals surface area contributed by atoms with Crippen molar-refractivity contribution < 1.29 is 22.8 Å². The number of aromatic nitrogens is 1. The lowest BCUT2D eigenvalue weighted by atomic mass is 10.1. The molecule has 152 valence electrons. The average molecular weight is 423 g/mol. The van der Waals surface area contributed by atoms with E-state index in [-0.39, 0.29) is 36.1 Å². The minimum absolute atomic E-state index is 0. The fourth-order valence-corrected chi connectivity index (χ4v) is 2.55. The molecule has 0 fully saturated rings. The molecule has 1 unspecified atom stereocenters. The maximum absolute atomic E-state index is 14.1. The molecule has 0 aliphatic heterocycles. The van der Waals surface area contributed by atoms with Gasteiger partial charge in [-0.1, -0.05) is 24.3 Å². The molecule has 1 aromatic heterocycles. The highest BCUT2D eigenvalue weighted by Gasteiger charge is 2.22. The van der Waals surface area contributed by atoms with Crippen LogP contribution in [0.2, 0.25) is 0 Å². The second-order valence-electron chi connectivity index (χ2n) is 5.84. The summed E-state index contributed by atoms with van der Waals surface area (Å²) in [6, 6.07) is 10.00. The molecule has 0 aliphatic rings. The summed E-state index contributed by atoms with van der Waals surface area (Å²) in [4.78, 5) is 27.6. The van der Waals surface area contributed by atoms with Gasteiger partial charge in [0, 0.05) is 23.7 Å². The number of primary amides is 1. The van der Waals surface area contributed by atoms with E-state index in [2.05, 4.69) is 15.6 Å². The number of nitrogens with one attached hydrogen (secondary N) is 2. The molecule has 0 radical (unpaired) electrons. The molecule has 0 aliphatic carbocycles. The first-order valence-corrected chi connectivity index (χ1v) is 8.24. The van der Waals surface area contributed by atoms with Gasteiger partial charge in [0.1, 0.15) is 17.9 Å². The number of hydrogen-bond acceptors (Lipinski definition) is 4. The van der Waals surface area contributed by atoms with Crippen molar-refractivity contribution in [1.82, 2.24) is 15.6 Å². The number of hydrogen-bond donors (Lipinski definition) is 3. The summed E-state index contributed by atoms with van der Waals surface area (Å²) < 4.78 is 32.6. The van der Waals surface area contributed by atoms with Gasteiger partial charge in [0.25, 0.3) is 5.91 Å². The fourth-order valence-electron chi connectivity index (χ4n) is 2.55. The van der Waals surface area contributed by atoms with Crippen molar-refractivity contribution in [1.29, 1.82) is 0 Å². The Morgan fingerprint density at radius 1 is 1.14 bits per heavy atom. The van der Waals surface area contributed by atoms with Crippen molar-refractivity contribution in [2.24, 2.45) is 5.73 Å². The number of carbonyl (C=O) groups is 2. The lowest BCUT2D eigenvalue weighted by Gasteiger charge is -2.19. The van der Waals surface area contributed by atoms with Crippen molar-refractivity contribution in [3.63, 3.8) is 0 Å². The van der Waals surface area contributed by atoms with Crippen LogP contribution < -0.4 is 16.4 Å². The number of oxazole rings is 1. The molecule has 1 heterocycles. The predicted molar refractivity (Wildman–Crippen MR) is 103 cm³/mol. The van der Waals surface area contributed by atoms with Crippen LogP contribution in [0, 0.1) is 11.6 Å². The summed E-state index contributed by atoms with van der Waals surface area (Å²) in [5, 5.41) is 4.83. The number of carbonyl (C=O) groups excluding carboxylic acids is 2. The van der Waals surface area contributed by atoms with E-state index in [1.165, 1.54) is 6.07 Å². The summed E-state index contributed by atoms with van der Waals surface area (Å²) in [5.41, 5.74) is 5.67. The van der Waals surface area contributed by atoms with Crippen molar-refractivity contribution >= 4 is 24.3 Å². The van der Waals surface area contributed by atoms with Crippen LogP contribution >= 0.6 is 12.4 Å². The summed E-state index contributed by atoms with van der Waals surface area (Å²) in [7, 11) is 0. The van der Waals surface area contributed by atoms with Gasteiger partial charge in [-0.25, -0.2) is 18.6 Å². The first kappa shape index (κ1) is 21.8. The molecule has 1 atom stereocenters. The zero-order chi connectivity index (χ0) is 20.1. The average Bonchev–Trinajstić information content (AvgIpc) is 3.16. The van der Waals surface area contributed by atoms with E-state index in [1.807, 2.05) is 6.07 Å². The molecule has 0 saturated heterocycles. The molecular formula is C19H17ClF2N4O3. The van der Waals surface area contributed by atoms with Crippen molar-refractivity contribution in [3.05, 3.63) is 77.7 Å². The largest absolute Gasteiger partial charge is 0.444 e. The van der Waals surface area contributed by atoms with Crippen LogP contribution in [0.4, 0.5) is 13.6 Å². The molecule has 29 heavy (non-hydrogen) atoms. The molecule has 7 nitrogen and oxygen atoms in total.